The molecule has 0 bridgehead atoms. The molecular weight excluding hydrogens is 194 g/mol. The maximum atomic E-state index is 11.5. The van der Waals surface area contributed by atoms with Gasteiger partial charge in [-0.2, -0.15) is 4.99 Å². The van der Waals surface area contributed by atoms with Gasteiger partial charge in [-0.15, -0.1) is 0 Å². The third-order valence-corrected chi connectivity index (χ3v) is 1.60. The molecule has 0 aromatic heterocycles. The van der Waals surface area contributed by atoms with Gasteiger partial charge in [-0.25, -0.2) is 0 Å². The highest BCUT2D eigenvalue weighted by atomic mass is 16.2. The van der Waals surface area contributed by atoms with Gasteiger partial charge in [0.15, 0.2) is 5.96 Å². The molecule has 0 radical (unpaired) electrons. The highest BCUT2D eigenvalue weighted by Gasteiger charge is 2.21. The number of carbonyl (C=O) groups excluding carboxylic acids is 1. The zero-order valence-electron chi connectivity index (χ0n) is 9.88. The smallest absolute Gasteiger partial charge is 0.232 e. The Balaban J connectivity index is 4.41. The molecule has 0 saturated heterocycles. The number of hydrogen-bond donors (Lipinski definition) is 3. The minimum atomic E-state index is -0.547. The number of rotatable bonds is 0. The van der Waals surface area contributed by atoms with E-state index < -0.39 is 5.41 Å². The number of hydrogen-bond acceptors (Lipinski definition) is 2. The predicted molar refractivity (Wildman–Crippen MR) is 60.6 cm³/mol. The van der Waals surface area contributed by atoms with E-state index in [0.717, 1.165) is 0 Å². The SMILES string of the molecule is CN(C)/C(N)=N/C(=N)NC(=O)C(C)(C)C. The summed E-state index contributed by atoms with van der Waals surface area (Å²) in [6.45, 7) is 5.28. The van der Waals surface area contributed by atoms with Crippen molar-refractivity contribution in [3.05, 3.63) is 0 Å². The van der Waals surface area contributed by atoms with Gasteiger partial charge in [0.25, 0.3) is 0 Å². The van der Waals surface area contributed by atoms with Crippen molar-refractivity contribution in [3.8, 4) is 0 Å². The first-order chi connectivity index (χ1) is 6.64. The number of nitrogens with one attached hydrogen (secondary N) is 2. The first kappa shape index (κ1) is 13.4. The summed E-state index contributed by atoms with van der Waals surface area (Å²) in [4.78, 5) is 16.7. The van der Waals surface area contributed by atoms with Crippen molar-refractivity contribution in [2.45, 2.75) is 20.8 Å². The van der Waals surface area contributed by atoms with Gasteiger partial charge >= 0.3 is 0 Å². The Bertz CT molecular complexity index is 287. The van der Waals surface area contributed by atoms with Crippen molar-refractivity contribution in [2.24, 2.45) is 16.1 Å². The van der Waals surface area contributed by atoms with E-state index in [1.807, 2.05) is 0 Å². The van der Waals surface area contributed by atoms with Crippen molar-refractivity contribution in [1.82, 2.24) is 10.2 Å². The van der Waals surface area contributed by atoms with Gasteiger partial charge in [0, 0.05) is 19.5 Å². The maximum Gasteiger partial charge on any atom is 0.232 e. The second-order valence-corrected chi connectivity index (χ2v) is 4.42. The highest BCUT2D eigenvalue weighted by molar-refractivity contribution is 6.02. The van der Waals surface area contributed by atoms with E-state index in [4.69, 9.17) is 11.1 Å². The van der Waals surface area contributed by atoms with Crippen molar-refractivity contribution in [1.29, 1.82) is 5.41 Å². The molecule has 0 aliphatic carbocycles. The summed E-state index contributed by atoms with van der Waals surface area (Å²) in [5, 5.41) is 9.75. The Morgan fingerprint density at radius 2 is 1.87 bits per heavy atom. The Kier molecular flexibility index (Phi) is 4.26. The average Bonchev–Trinajstić information content (AvgIpc) is 2.01. The lowest BCUT2D eigenvalue weighted by Gasteiger charge is -2.17. The molecule has 0 saturated carbocycles. The molecule has 4 N–H and O–H groups in total. The Labute approximate surface area is 90.1 Å². The van der Waals surface area contributed by atoms with Gasteiger partial charge in [-0.05, 0) is 0 Å². The molecule has 0 unspecified atom stereocenters. The number of aliphatic imine (C=N–C) groups is 1. The fourth-order valence-electron chi connectivity index (χ4n) is 0.538. The van der Waals surface area contributed by atoms with E-state index >= 15 is 0 Å². The molecule has 0 atom stereocenters. The monoisotopic (exact) mass is 213 g/mol. The van der Waals surface area contributed by atoms with Crippen LogP contribution in [0.25, 0.3) is 0 Å². The van der Waals surface area contributed by atoms with Crippen LogP contribution in [-0.4, -0.2) is 36.8 Å². The van der Waals surface area contributed by atoms with Gasteiger partial charge in [-0.3, -0.25) is 15.5 Å². The summed E-state index contributed by atoms with van der Waals surface area (Å²) in [6.07, 6.45) is 0. The van der Waals surface area contributed by atoms with E-state index in [9.17, 15) is 4.79 Å². The fraction of sp³-hybridized carbons (Fsp3) is 0.667. The normalized spacial score (nSPS) is 12.2. The lowest BCUT2D eigenvalue weighted by Crippen LogP contribution is -2.40. The fourth-order valence-corrected chi connectivity index (χ4v) is 0.538. The summed E-state index contributed by atoms with van der Waals surface area (Å²) in [5.74, 6) is -0.335. The standard InChI is InChI=1S/C9H19N5O/c1-9(2,3)6(15)12-7(10)13-8(11)14(4)5/h1-5H3,(H4,10,11,12,13,15). The average molecular weight is 213 g/mol. The topological polar surface area (TPSA) is 94.6 Å². The van der Waals surface area contributed by atoms with Crippen LogP contribution in [0.1, 0.15) is 20.8 Å². The maximum absolute atomic E-state index is 11.5. The summed E-state index contributed by atoms with van der Waals surface area (Å²) in [6, 6.07) is 0. The van der Waals surface area contributed by atoms with Crippen LogP contribution in [0.4, 0.5) is 0 Å². The number of guanidine groups is 2. The van der Waals surface area contributed by atoms with Gasteiger partial charge in [-0.1, -0.05) is 20.8 Å². The third kappa shape index (κ3) is 4.99. The summed E-state index contributed by atoms with van der Waals surface area (Å²) >= 11 is 0. The van der Waals surface area contributed by atoms with Crippen LogP contribution >= 0.6 is 0 Å². The van der Waals surface area contributed by atoms with Gasteiger partial charge in [0.1, 0.15) is 0 Å². The molecule has 6 nitrogen and oxygen atoms in total. The molecule has 0 aromatic carbocycles. The molecule has 0 aliphatic heterocycles. The Morgan fingerprint density at radius 1 is 1.40 bits per heavy atom. The van der Waals surface area contributed by atoms with Crippen LogP contribution < -0.4 is 11.1 Å². The van der Waals surface area contributed by atoms with Gasteiger partial charge < -0.3 is 10.6 Å². The Hall–Kier alpha value is -1.59. The minimum absolute atomic E-state index is 0.175. The lowest BCUT2D eigenvalue weighted by molar-refractivity contribution is -0.126. The number of carbonyl (C=O) groups is 1. The van der Waals surface area contributed by atoms with E-state index in [-0.39, 0.29) is 17.8 Å². The van der Waals surface area contributed by atoms with E-state index in [2.05, 4.69) is 10.3 Å². The predicted octanol–water partition coefficient (Wildman–Crippen LogP) is -0.0402. The first-order valence-electron chi connectivity index (χ1n) is 4.56. The quantitative estimate of drug-likeness (QED) is 0.389. The van der Waals surface area contributed by atoms with Crippen LogP contribution in [0.2, 0.25) is 0 Å². The van der Waals surface area contributed by atoms with E-state index in [0.29, 0.717) is 0 Å². The van der Waals surface area contributed by atoms with Crippen molar-refractivity contribution >= 4 is 17.8 Å². The summed E-state index contributed by atoms with van der Waals surface area (Å²) in [7, 11) is 3.41. The number of nitrogens with zero attached hydrogens (tertiary/aromatic N) is 2. The Morgan fingerprint density at radius 3 is 2.20 bits per heavy atom. The largest absolute Gasteiger partial charge is 0.369 e. The molecule has 0 spiro atoms. The molecule has 15 heavy (non-hydrogen) atoms. The molecule has 0 heterocycles. The minimum Gasteiger partial charge on any atom is -0.369 e. The number of amides is 1. The second kappa shape index (κ2) is 4.77. The number of nitrogens with two attached hydrogens (primary N) is 1. The van der Waals surface area contributed by atoms with Crippen molar-refractivity contribution in [3.63, 3.8) is 0 Å². The molecule has 0 fully saturated rings. The zero-order valence-corrected chi connectivity index (χ0v) is 9.88. The van der Waals surface area contributed by atoms with Gasteiger partial charge in [0.05, 0.1) is 0 Å². The van der Waals surface area contributed by atoms with Crippen LogP contribution in [0.15, 0.2) is 4.99 Å². The molecule has 0 aromatic rings. The van der Waals surface area contributed by atoms with Gasteiger partial charge in [0.2, 0.25) is 11.9 Å². The zero-order chi connectivity index (χ0) is 12.2. The molecule has 1 amide bonds. The van der Waals surface area contributed by atoms with Crippen LogP contribution in [-0.2, 0) is 4.79 Å². The summed E-state index contributed by atoms with van der Waals surface area (Å²) in [5.41, 5.74) is 4.94. The third-order valence-electron chi connectivity index (χ3n) is 1.60. The van der Waals surface area contributed by atoms with Crippen LogP contribution in [0.5, 0.6) is 0 Å². The lowest BCUT2D eigenvalue weighted by atomic mass is 9.96. The molecule has 6 heteroatoms. The molecule has 86 valence electrons. The van der Waals surface area contributed by atoms with E-state index in [1.54, 1.807) is 39.8 Å². The molecular formula is C9H19N5O. The van der Waals surface area contributed by atoms with Crippen LogP contribution in [0, 0.1) is 10.8 Å². The molecule has 0 aliphatic rings. The van der Waals surface area contributed by atoms with Crippen molar-refractivity contribution < 1.29 is 4.79 Å². The first-order valence-corrected chi connectivity index (χ1v) is 4.56. The summed E-state index contributed by atoms with van der Waals surface area (Å²) < 4.78 is 0. The molecule has 0 rings (SSSR count). The highest BCUT2D eigenvalue weighted by Crippen LogP contribution is 2.12. The van der Waals surface area contributed by atoms with E-state index in [1.165, 1.54) is 0 Å². The van der Waals surface area contributed by atoms with Crippen molar-refractivity contribution in [2.75, 3.05) is 14.1 Å². The van der Waals surface area contributed by atoms with Crippen LogP contribution in [0.3, 0.4) is 0 Å². The second-order valence-electron chi connectivity index (χ2n) is 4.42.